The Morgan fingerprint density at radius 2 is 1.81 bits per heavy atom. The van der Waals surface area contributed by atoms with E-state index < -0.39 is 21.4 Å². The Bertz CT molecular complexity index is 1190. The van der Waals surface area contributed by atoms with Gasteiger partial charge in [-0.1, -0.05) is 12.1 Å². The molecule has 2 heterocycles. The summed E-state index contributed by atoms with van der Waals surface area (Å²) < 4.78 is 34.2. The molecule has 134 valence electrons. The topological polar surface area (TPSA) is 127 Å². The molecule has 0 saturated heterocycles. The van der Waals surface area contributed by atoms with E-state index in [0.29, 0.717) is 12.1 Å². The molecule has 2 aromatic heterocycles. The number of aromatic amines is 1. The molecule has 11 heteroatoms. The van der Waals surface area contributed by atoms with Crippen LogP contribution in [0.4, 0.5) is 0 Å². The molecule has 0 aliphatic rings. The zero-order valence-electron chi connectivity index (χ0n) is 13.6. The molecule has 1 aromatic carbocycles. The van der Waals surface area contributed by atoms with Gasteiger partial charge in [0.05, 0.1) is 4.90 Å². The van der Waals surface area contributed by atoms with E-state index in [4.69, 9.17) is 0 Å². The predicted molar refractivity (Wildman–Crippen MR) is 98.4 cm³/mol. The van der Waals surface area contributed by atoms with Crippen molar-refractivity contribution < 1.29 is 13.0 Å². The van der Waals surface area contributed by atoms with Gasteiger partial charge in [0.2, 0.25) is 0 Å². The number of nitrogens with one attached hydrogen (secondary N) is 1. The van der Waals surface area contributed by atoms with Crippen LogP contribution in [0.25, 0.3) is 22.6 Å². The number of H-pyrrole nitrogens is 1. The molecule has 26 heavy (non-hydrogen) atoms. The van der Waals surface area contributed by atoms with Crippen molar-refractivity contribution in [3.63, 3.8) is 0 Å². The molecule has 2 N–H and O–H groups in total. The minimum absolute atomic E-state index is 0. The molecule has 0 radical (unpaired) electrons. The third-order valence-corrected chi connectivity index (χ3v) is 4.75. The molecule has 0 amide bonds. The summed E-state index contributed by atoms with van der Waals surface area (Å²) in [5, 5.41) is 0. The van der Waals surface area contributed by atoms with Gasteiger partial charge in [-0.3, -0.25) is 18.5 Å². The molecule has 9 nitrogen and oxygen atoms in total. The number of benzene rings is 1. The standard InChI is InChI=1S/C15H16N4O5S.K.H/c1-3-18-13-11(14(20)19(4-2)15(18)21)16-12(17-13)9-6-5-7-10(8-9)25(22,23)24;;/h5-8H,3-4H2,1-2H3,(H,16,17)(H,22,23,24);;. The van der Waals surface area contributed by atoms with Crippen molar-refractivity contribution in [3.05, 3.63) is 45.1 Å². The second-order valence-corrected chi connectivity index (χ2v) is 6.78. The van der Waals surface area contributed by atoms with E-state index in [1.165, 1.54) is 22.8 Å². The van der Waals surface area contributed by atoms with Crippen LogP contribution in [-0.2, 0) is 23.2 Å². The Morgan fingerprint density at radius 1 is 1.15 bits per heavy atom. The Labute approximate surface area is 191 Å². The molecule has 3 rings (SSSR count). The number of aryl methyl sites for hydroxylation is 1. The van der Waals surface area contributed by atoms with Crippen molar-refractivity contribution in [2.24, 2.45) is 0 Å². The quantitative estimate of drug-likeness (QED) is 0.472. The van der Waals surface area contributed by atoms with Crippen molar-refractivity contribution >= 4 is 72.7 Å². The summed E-state index contributed by atoms with van der Waals surface area (Å²) in [4.78, 5) is 31.7. The van der Waals surface area contributed by atoms with E-state index in [1.807, 2.05) is 0 Å². The first-order valence-electron chi connectivity index (χ1n) is 7.59. The van der Waals surface area contributed by atoms with Crippen LogP contribution in [0.15, 0.2) is 38.8 Å². The predicted octanol–water partition coefficient (Wildman–Crippen LogP) is 0.191. The van der Waals surface area contributed by atoms with Gasteiger partial charge in [0.25, 0.3) is 15.7 Å². The van der Waals surface area contributed by atoms with Crippen molar-refractivity contribution in [1.29, 1.82) is 0 Å². The normalized spacial score (nSPS) is 11.5. The van der Waals surface area contributed by atoms with E-state index in [-0.39, 0.29) is 79.8 Å². The van der Waals surface area contributed by atoms with Crippen LogP contribution in [-0.4, -0.2) is 83.5 Å². The Kier molecular flexibility index (Phi) is 6.43. The Hall–Kier alpha value is -1.08. The molecule has 0 spiro atoms. The van der Waals surface area contributed by atoms with Crippen LogP contribution < -0.4 is 11.2 Å². The van der Waals surface area contributed by atoms with Crippen LogP contribution >= 0.6 is 0 Å². The summed E-state index contributed by atoms with van der Waals surface area (Å²) in [7, 11) is -4.36. The van der Waals surface area contributed by atoms with Gasteiger partial charge < -0.3 is 4.98 Å². The van der Waals surface area contributed by atoms with Crippen molar-refractivity contribution in [1.82, 2.24) is 19.1 Å². The molecular formula is C15H17KN4O5S. The van der Waals surface area contributed by atoms with E-state index in [1.54, 1.807) is 19.9 Å². The van der Waals surface area contributed by atoms with Gasteiger partial charge in [-0.15, -0.1) is 0 Å². The molecule has 0 aliphatic carbocycles. The molecule has 0 fully saturated rings. The van der Waals surface area contributed by atoms with Crippen LogP contribution in [0.5, 0.6) is 0 Å². The summed E-state index contributed by atoms with van der Waals surface area (Å²) in [5.41, 5.74) is -0.210. The summed E-state index contributed by atoms with van der Waals surface area (Å²) >= 11 is 0. The van der Waals surface area contributed by atoms with Gasteiger partial charge >= 0.3 is 57.1 Å². The van der Waals surface area contributed by atoms with Crippen LogP contribution in [0.1, 0.15) is 13.8 Å². The molecule has 0 saturated carbocycles. The fourth-order valence-electron chi connectivity index (χ4n) is 2.67. The third-order valence-electron chi connectivity index (χ3n) is 3.90. The first-order valence-corrected chi connectivity index (χ1v) is 9.03. The fourth-order valence-corrected chi connectivity index (χ4v) is 3.20. The summed E-state index contributed by atoms with van der Waals surface area (Å²) in [5.74, 6) is 0.230. The number of hydrogen-bond acceptors (Lipinski definition) is 5. The summed E-state index contributed by atoms with van der Waals surface area (Å²) in [6, 6.07) is 5.51. The molecule has 0 bridgehead atoms. The van der Waals surface area contributed by atoms with Gasteiger partial charge in [-0.25, -0.2) is 9.78 Å². The Balaban J connectivity index is 0.00000243. The first-order chi connectivity index (χ1) is 11.8. The van der Waals surface area contributed by atoms with Crippen molar-refractivity contribution in [3.8, 4) is 11.4 Å². The van der Waals surface area contributed by atoms with E-state index in [9.17, 15) is 22.6 Å². The minimum atomic E-state index is -4.36. The monoisotopic (exact) mass is 404 g/mol. The van der Waals surface area contributed by atoms with Gasteiger partial charge in [0.1, 0.15) is 11.3 Å². The average molecular weight is 404 g/mol. The van der Waals surface area contributed by atoms with Crippen molar-refractivity contribution in [2.45, 2.75) is 31.8 Å². The summed E-state index contributed by atoms with van der Waals surface area (Å²) in [6.07, 6.45) is 0. The zero-order valence-corrected chi connectivity index (χ0v) is 14.4. The molecule has 0 atom stereocenters. The van der Waals surface area contributed by atoms with Gasteiger partial charge in [-0.05, 0) is 26.0 Å². The zero-order chi connectivity index (χ0) is 18.4. The van der Waals surface area contributed by atoms with Crippen molar-refractivity contribution in [2.75, 3.05) is 0 Å². The van der Waals surface area contributed by atoms with E-state index >= 15 is 0 Å². The van der Waals surface area contributed by atoms with Gasteiger partial charge in [0, 0.05) is 18.7 Å². The maximum atomic E-state index is 12.5. The van der Waals surface area contributed by atoms with Gasteiger partial charge in [0.15, 0.2) is 5.65 Å². The molecular weight excluding hydrogens is 387 g/mol. The summed E-state index contributed by atoms with van der Waals surface area (Å²) in [6.45, 7) is 4.01. The van der Waals surface area contributed by atoms with Crippen LogP contribution in [0, 0.1) is 0 Å². The molecule has 3 aromatic rings. The number of rotatable bonds is 4. The number of imidazole rings is 1. The molecule has 0 aliphatic heterocycles. The number of aromatic nitrogens is 4. The second kappa shape index (κ2) is 7.88. The van der Waals surface area contributed by atoms with E-state index in [2.05, 4.69) is 9.97 Å². The average Bonchev–Trinajstić information content (AvgIpc) is 3.00. The third kappa shape index (κ3) is 3.65. The maximum absolute atomic E-state index is 12.5. The number of fused-ring (bicyclic) bond motifs is 1. The van der Waals surface area contributed by atoms with Crippen LogP contribution in [0.2, 0.25) is 0 Å². The van der Waals surface area contributed by atoms with Gasteiger partial charge in [-0.2, -0.15) is 8.42 Å². The SMILES string of the molecule is CCn1c(=O)c2[nH]c(-c3cccc(S(=O)(=O)O)c3)nc2n(CC)c1=O.[KH]. The van der Waals surface area contributed by atoms with Crippen LogP contribution in [0.3, 0.4) is 0 Å². The number of hydrogen-bond donors (Lipinski definition) is 2. The molecule has 0 unspecified atom stereocenters. The Morgan fingerprint density at radius 3 is 2.38 bits per heavy atom. The number of nitrogens with zero attached hydrogens (tertiary/aromatic N) is 3. The van der Waals surface area contributed by atoms with E-state index in [0.717, 1.165) is 4.57 Å². The first kappa shape index (κ1) is 21.2. The second-order valence-electron chi connectivity index (χ2n) is 5.36. The fraction of sp³-hybridized carbons (Fsp3) is 0.267.